The molecule has 2 N–H and O–H groups in total. The van der Waals surface area contributed by atoms with Crippen LogP contribution in [0.15, 0.2) is 30.5 Å². The van der Waals surface area contributed by atoms with Crippen molar-refractivity contribution in [2.75, 3.05) is 6.61 Å². The summed E-state index contributed by atoms with van der Waals surface area (Å²) in [7, 11) is 0. The highest BCUT2D eigenvalue weighted by atomic mass is 16.5. The fourth-order valence-corrected chi connectivity index (χ4v) is 2.48. The molecule has 1 aliphatic heterocycles. The first kappa shape index (κ1) is 12.9. The van der Waals surface area contributed by atoms with Crippen LogP contribution in [0.1, 0.15) is 31.1 Å². The number of carbonyl (C=O) groups excluding carboxylic acids is 1. The lowest BCUT2D eigenvalue weighted by Crippen LogP contribution is -2.18. The molecule has 1 atom stereocenters. The van der Waals surface area contributed by atoms with Crippen LogP contribution < -0.4 is 5.73 Å². The lowest BCUT2D eigenvalue weighted by molar-refractivity contribution is -0.113. The van der Waals surface area contributed by atoms with Crippen LogP contribution in [0.5, 0.6) is 0 Å². The Bertz CT molecular complexity index is 654. The van der Waals surface area contributed by atoms with E-state index in [1.54, 1.807) is 6.08 Å². The molecule has 20 heavy (non-hydrogen) atoms. The normalized spacial score (nSPS) is 19.7. The molecular weight excluding hydrogens is 254 g/mol. The minimum atomic E-state index is -0.450. The third-order valence-corrected chi connectivity index (χ3v) is 3.49. The number of rotatable bonds is 3. The molecule has 1 saturated heterocycles. The van der Waals surface area contributed by atoms with Crippen LogP contribution >= 0.6 is 0 Å². The Hall–Kier alpha value is -2.14. The lowest BCUT2D eigenvalue weighted by atomic mass is 10.1. The average molecular weight is 271 g/mol. The minimum Gasteiger partial charge on any atom is -0.366 e. The van der Waals surface area contributed by atoms with Gasteiger partial charge in [0.15, 0.2) is 6.23 Å². The Morgan fingerprint density at radius 3 is 3.10 bits per heavy atom. The number of amides is 1. The minimum absolute atomic E-state index is 0.0108. The van der Waals surface area contributed by atoms with E-state index >= 15 is 0 Å². The lowest BCUT2D eigenvalue weighted by Gasteiger charge is -2.23. The monoisotopic (exact) mass is 271 g/mol. The Kier molecular flexibility index (Phi) is 3.52. The van der Waals surface area contributed by atoms with Crippen molar-refractivity contribution in [3.8, 4) is 0 Å². The molecule has 5 nitrogen and oxygen atoms in total. The fourth-order valence-electron chi connectivity index (χ4n) is 2.48. The Labute approximate surface area is 117 Å². The summed E-state index contributed by atoms with van der Waals surface area (Å²) in [6, 6.07) is 5.93. The van der Waals surface area contributed by atoms with Crippen LogP contribution in [0.25, 0.3) is 17.0 Å². The number of hydrogen-bond donors (Lipinski definition) is 1. The topological polar surface area (TPSA) is 70.1 Å². The van der Waals surface area contributed by atoms with Crippen molar-refractivity contribution in [3.05, 3.63) is 36.0 Å². The summed E-state index contributed by atoms with van der Waals surface area (Å²) in [5.74, 6) is -0.450. The Morgan fingerprint density at radius 1 is 1.45 bits per heavy atom. The quantitative estimate of drug-likeness (QED) is 0.870. The van der Waals surface area contributed by atoms with Gasteiger partial charge in [-0.15, -0.1) is 0 Å². The van der Waals surface area contributed by atoms with E-state index in [1.165, 1.54) is 6.08 Å². The molecule has 2 aromatic rings. The van der Waals surface area contributed by atoms with Crippen LogP contribution in [0.3, 0.4) is 0 Å². The van der Waals surface area contributed by atoms with E-state index in [4.69, 9.17) is 10.5 Å². The Balaban J connectivity index is 1.96. The van der Waals surface area contributed by atoms with E-state index in [9.17, 15) is 4.79 Å². The molecule has 1 aromatic carbocycles. The number of ether oxygens (including phenoxy) is 1. The summed E-state index contributed by atoms with van der Waals surface area (Å²) in [5.41, 5.74) is 7.06. The first-order valence-electron chi connectivity index (χ1n) is 6.80. The molecule has 1 aromatic heterocycles. The summed E-state index contributed by atoms with van der Waals surface area (Å²) in [4.78, 5) is 10.8. The standard InChI is InChI=1S/C15H17N3O2/c16-14(19)7-5-11-4-6-12-10-17-18(13(12)9-11)15-3-1-2-8-20-15/h4-7,9-10,15H,1-3,8H2,(H2,16,19). The number of hydrogen-bond acceptors (Lipinski definition) is 3. The van der Waals surface area contributed by atoms with E-state index in [0.29, 0.717) is 0 Å². The van der Waals surface area contributed by atoms with Crippen LogP contribution in [0.4, 0.5) is 0 Å². The van der Waals surface area contributed by atoms with Crippen molar-refractivity contribution < 1.29 is 9.53 Å². The zero-order valence-corrected chi connectivity index (χ0v) is 11.2. The number of nitrogens with zero attached hydrogens (tertiary/aromatic N) is 2. The van der Waals surface area contributed by atoms with Gasteiger partial charge < -0.3 is 10.5 Å². The number of benzene rings is 1. The van der Waals surface area contributed by atoms with Crippen LogP contribution in [0, 0.1) is 0 Å². The maximum Gasteiger partial charge on any atom is 0.241 e. The molecule has 1 amide bonds. The van der Waals surface area contributed by atoms with Crippen molar-refractivity contribution in [3.63, 3.8) is 0 Å². The van der Waals surface area contributed by atoms with E-state index in [1.807, 2.05) is 29.1 Å². The van der Waals surface area contributed by atoms with Gasteiger partial charge in [-0.2, -0.15) is 5.10 Å². The van der Waals surface area contributed by atoms with Crippen molar-refractivity contribution in [1.82, 2.24) is 9.78 Å². The molecule has 2 heterocycles. The van der Waals surface area contributed by atoms with Crippen molar-refractivity contribution in [1.29, 1.82) is 0 Å². The molecule has 5 heteroatoms. The molecular formula is C15H17N3O2. The third kappa shape index (κ3) is 2.58. The SMILES string of the molecule is NC(=O)C=Cc1ccc2cnn(C3CCCCO3)c2c1. The molecule has 1 fully saturated rings. The zero-order valence-electron chi connectivity index (χ0n) is 11.2. The molecule has 0 radical (unpaired) electrons. The van der Waals surface area contributed by atoms with Crippen LogP contribution in [-0.2, 0) is 9.53 Å². The van der Waals surface area contributed by atoms with Gasteiger partial charge in [-0.3, -0.25) is 4.79 Å². The number of nitrogens with two attached hydrogens (primary N) is 1. The van der Waals surface area contributed by atoms with E-state index < -0.39 is 5.91 Å². The second-order valence-corrected chi connectivity index (χ2v) is 4.96. The average Bonchev–Trinajstić information content (AvgIpc) is 2.89. The van der Waals surface area contributed by atoms with Crippen molar-refractivity contribution in [2.45, 2.75) is 25.5 Å². The molecule has 0 bridgehead atoms. The summed E-state index contributed by atoms with van der Waals surface area (Å²) in [6.07, 6.45) is 8.18. The number of aromatic nitrogens is 2. The number of primary amides is 1. The van der Waals surface area contributed by atoms with Gasteiger partial charge in [-0.1, -0.05) is 12.1 Å². The molecule has 104 valence electrons. The third-order valence-electron chi connectivity index (χ3n) is 3.49. The van der Waals surface area contributed by atoms with Gasteiger partial charge in [-0.25, -0.2) is 4.68 Å². The maximum absolute atomic E-state index is 10.8. The zero-order chi connectivity index (χ0) is 13.9. The van der Waals surface area contributed by atoms with E-state index in [-0.39, 0.29) is 6.23 Å². The van der Waals surface area contributed by atoms with Crippen molar-refractivity contribution in [2.24, 2.45) is 5.73 Å². The smallest absolute Gasteiger partial charge is 0.241 e. The van der Waals surface area contributed by atoms with Gasteiger partial charge in [0.05, 0.1) is 11.7 Å². The summed E-state index contributed by atoms with van der Waals surface area (Å²) >= 11 is 0. The summed E-state index contributed by atoms with van der Waals surface area (Å²) in [5, 5.41) is 5.50. The summed E-state index contributed by atoms with van der Waals surface area (Å²) in [6.45, 7) is 0.785. The summed E-state index contributed by atoms with van der Waals surface area (Å²) < 4.78 is 7.70. The predicted molar refractivity (Wildman–Crippen MR) is 76.8 cm³/mol. The van der Waals surface area contributed by atoms with Gasteiger partial charge in [0.2, 0.25) is 5.91 Å². The molecule has 3 rings (SSSR count). The van der Waals surface area contributed by atoms with E-state index in [2.05, 4.69) is 5.10 Å². The molecule has 1 unspecified atom stereocenters. The molecule has 1 aliphatic rings. The Morgan fingerprint density at radius 2 is 2.35 bits per heavy atom. The van der Waals surface area contributed by atoms with Crippen molar-refractivity contribution >= 4 is 22.9 Å². The number of carbonyl (C=O) groups is 1. The van der Waals surface area contributed by atoms with Gasteiger partial charge in [0.25, 0.3) is 0 Å². The first-order valence-corrected chi connectivity index (χ1v) is 6.80. The maximum atomic E-state index is 10.8. The molecule has 0 aliphatic carbocycles. The highest BCUT2D eigenvalue weighted by molar-refractivity contribution is 5.91. The largest absolute Gasteiger partial charge is 0.366 e. The predicted octanol–water partition coefficient (Wildman–Crippen LogP) is 2.23. The second-order valence-electron chi connectivity index (χ2n) is 4.96. The highest BCUT2D eigenvalue weighted by Crippen LogP contribution is 2.26. The van der Waals surface area contributed by atoms with Gasteiger partial charge in [-0.05, 0) is 37.0 Å². The first-order chi connectivity index (χ1) is 9.74. The highest BCUT2D eigenvalue weighted by Gasteiger charge is 2.18. The van der Waals surface area contributed by atoms with Gasteiger partial charge in [0, 0.05) is 18.1 Å². The molecule has 0 spiro atoms. The van der Waals surface area contributed by atoms with Crippen LogP contribution in [0.2, 0.25) is 0 Å². The number of fused-ring (bicyclic) bond motifs is 1. The molecule has 0 saturated carbocycles. The second kappa shape index (κ2) is 5.46. The van der Waals surface area contributed by atoms with Gasteiger partial charge >= 0.3 is 0 Å². The van der Waals surface area contributed by atoms with Gasteiger partial charge in [0.1, 0.15) is 0 Å². The van der Waals surface area contributed by atoms with Crippen LogP contribution in [-0.4, -0.2) is 22.3 Å². The van der Waals surface area contributed by atoms with E-state index in [0.717, 1.165) is 42.3 Å². The fraction of sp³-hybridized carbons (Fsp3) is 0.333.